The second-order valence-electron chi connectivity index (χ2n) is 7.78. The summed E-state index contributed by atoms with van der Waals surface area (Å²) in [5.41, 5.74) is 12.4. The van der Waals surface area contributed by atoms with E-state index in [0.717, 1.165) is 5.71 Å². The fourth-order valence-electron chi connectivity index (χ4n) is 4.42. The smallest absolute Gasteiger partial charge is 0.0729 e. The summed E-state index contributed by atoms with van der Waals surface area (Å²) in [5, 5.41) is 0. The van der Waals surface area contributed by atoms with Gasteiger partial charge in [-0.05, 0) is 41.7 Å². The first-order valence-corrected chi connectivity index (χ1v) is 10.1. The first-order valence-electron chi connectivity index (χ1n) is 10.1. The van der Waals surface area contributed by atoms with Crippen LogP contribution in [0.15, 0.2) is 96.0 Å². The van der Waals surface area contributed by atoms with Gasteiger partial charge in [0.2, 0.25) is 0 Å². The molecule has 0 unspecified atom stereocenters. The number of fused-ring (bicyclic) bond motifs is 3. The molecule has 1 heterocycles. The molecule has 4 aromatic rings. The molecule has 0 bridgehead atoms. The van der Waals surface area contributed by atoms with Crippen LogP contribution in [0.5, 0.6) is 0 Å². The largest absolute Gasteiger partial charge is 0.279 e. The van der Waals surface area contributed by atoms with Crippen molar-refractivity contribution < 1.29 is 0 Å². The Hall–Kier alpha value is -3.45. The molecule has 1 nitrogen and oxygen atoms in total. The van der Waals surface area contributed by atoms with Gasteiger partial charge in [0.15, 0.2) is 0 Å². The van der Waals surface area contributed by atoms with Crippen molar-refractivity contribution in [2.24, 2.45) is 4.99 Å². The standard InChI is InChI=1S/C28H23N/c1-19-15-20(2)17-22(16-19)23-13-8-14-25-24-11-6-7-12-26(24)28(29-18-27(23)25)21-9-4-3-5-10-21/h3-17H,18H2,1-2H3. The van der Waals surface area contributed by atoms with Crippen molar-refractivity contribution in [1.29, 1.82) is 0 Å². The second kappa shape index (κ2) is 7.18. The molecule has 1 aliphatic rings. The first-order chi connectivity index (χ1) is 14.2. The van der Waals surface area contributed by atoms with Crippen LogP contribution in [0.4, 0.5) is 0 Å². The second-order valence-corrected chi connectivity index (χ2v) is 7.78. The van der Waals surface area contributed by atoms with E-state index in [2.05, 4.69) is 105 Å². The third-order valence-corrected chi connectivity index (χ3v) is 5.62. The Bertz CT molecular complexity index is 1210. The van der Waals surface area contributed by atoms with Gasteiger partial charge in [0.25, 0.3) is 0 Å². The Morgan fingerprint density at radius 1 is 0.552 bits per heavy atom. The van der Waals surface area contributed by atoms with Crippen LogP contribution in [-0.4, -0.2) is 5.71 Å². The maximum Gasteiger partial charge on any atom is 0.0729 e. The molecule has 4 aromatic carbocycles. The summed E-state index contributed by atoms with van der Waals surface area (Å²) in [6.07, 6.45) is 0. The zero-order valence-electron chi connectivity index (χ0n) is 16.8. The van der Waals surface area contributed by atoms with Crippen LogP contribution in [0, 0.1) is 13.8 Å². The fraction of sp³-hybridized carbons (Fsp3) is 0.107. The van der Waals surface area contributed by atoms with Gasteiger partial charge in [0.1, 0.15) is 0 Å². The van der Waals surface area contributed by atoms with E-state index in [1.54, 1.807) is 0 Å². The molecule has 0 radical (unpaired) electrons. The highest BCUT2D eigenvalue weighted by Gasteiger charge is 2.20. The van der Waals surface area contributed by atoms with Gasteiger partial charge in [-0.1, -0.05) is 102 Å². The van der Waals surface area contributed by atoms with Crippen LogP contribution in [0.1, 0.15) is 27.8 Å². The summed E-state index contributed by atoms with van der Waals surface area (Å²) in [4.78, 5) is 5.12. The van der Waals surface area contributed by atoms with Crippen LogP contribution in [0.2, 0.25) is 0 Å². The van der Waals surface area contributed by atoms with Crippen LogP contribution in [-0.2, 0) is 6.54 Å². The average molecular weight is 373 g/mol. The van der Waals surface area contributed by atoms with Gasteiger partial charge in [-0.2, -0.15) is 0 Å². The van der Waals surface area contributed by atoms with Crippen LogP contribution < -0.4 is 0 Å². The molecule has 0 saturated carbocycles. The van der Waals surface area contributed by atoms with Gasteiger partial charge >= 0.3 is 0 Å². The van der Waals surface area contributed by atoms with E-state index in [9.17, 15) is 0 Å². The lowest BCUT2D eigenvalue weighted by atomic mass is 9.88. The quantitative estimate of drug-likeness (QED) is 0.359. The highest BCUT2D eigenvalue weighted by atomic mass is 14.7. The molecule has 0 aromatic heterocycles. The molecule has 0 aliphatic carbocycles. The highest BCUT2D eigenvalue weighted by molar-refractivity contribution is 6.17. The molecule has 0 amide bonds. The van der Waals surface area contributed by atoms with Gasteiger partial charge in [0.05, 0.1) is 12.3 Å². The van der Waals surface area contributed by atoms with Crippen molar-refractivity contribution in [1.82, 2.24) is 0 Å². The molecule has 0 saturated heterocycles. The third-order valence-electron chi connectivity index (χ3n) is 5.62. The lowest BCUT2D eigenvalue weighted by Gasteiger charge is -2.15. The molecule has 0 atom stereocenters. The summed E-state index contributed by atoms with van der Waals surface area (Å²) in [6.45, 7) is 5.01. The Morgan fingerprint density at radius 2 is 1.17 bits per heavy atom. The normalized spacial score (nSPS) is 12.6. The molecule has 29 heavy (non-hydrogen) atoms. The number of rotatable bonds is 2. The van der Waals surface area contributed by atoms with Crippen molar-refractivity contribution in [3.63, 3.8) is 0 Å². The summed E-state index contributed by atoms with van der Waals surface area (Å²) < 4.78 is 0. The Kier molecular flexibility index (Phi) is 4.37. The Labute approximate surface area is 172 Å². The van der Waals surface area contributed by atoms with E-state index in [4.69, 9.17) is 4.99 Å². The zero-order valence-corrected chi connectivity index (χ0v) is 16.8. The molecule has 1 heteroatoms. The maximum absolute atomic E-state index is 5.12. The summed E-state index contributed by atoms with van der Waals surface area (Å²) in [6, 6.07) is 32.6. The average Bonchev–Trinajstić information content (AvgIpc) is 2.91. The fourth-order valence-corrected chi connectivity index (χ4v) is 4.42. The number of aliphatic imine (C=N–C) groups is 1. The summed E-state index contributed by atoms with van der Waals surface area (Å²) in [7, 11) is 0. The SMILES string of the molecule is Cc1cc(C)cc(-c2cccc3c2CN=C(c2ccccc2)c2ccccc2-3)c1. The first kappa shape index (κ1) is 17.6. The molecule has 140 valence electrons. The van der Waals surface area contributed by atoms with Gasteiger partial charge in [-0.25, -0.2) is 0 Å². The number of aryl methyl sites for hydroxylation is 2. The number of hydrogen-bond acceptors (Lipinski definition) is 1. The lowest BCUT2D eigenvalue weighted by molar-refractivity contribution is 1.08. The maximum atomic E-state index is 5.12. The van der Waals surface area contributed by atoms with Crippen molar-refractivity contribution >= 4 is 5.71 Å². The zero-order chi connectivity index (χ0) is 19.8. The molecular formula is C28H23N. The number of nitrogens with zero attached hydrogens (tertiary/aromatic N) is 1. The van der Waals surface area contributed by atoms with Crippen LogP contribution >= 0.6 is 0 Å². The minimum atomic E-state index is 0.678. The number of hydrogen-bond donors (Lipinski definition) is 0. The molecule has 5 rings (SSSR count). The van der Waals surface area contributed by atoms with Gasteiger partial charge in [-0.15, -0.1) is 0 Å². The van der Waals surface area contributed by atoms with Gasteiger partial charge in [-0.3, -0.25) is 4.99 Å². The third kappa shape index (κ3) is 3.19. The van der Waals surface area contributed by atoms with Crippen molar-refractivity contribution in [3.8, 4) is 22.3 Å². The summed E-state index contributed by atoms with van der Waals surface area (Å²) in [5.74, 6) is 0. The Morgan fingerprint density at radius 3 is 1.93 bits per heavy atom. The monoisotopic (exact) mass is 373 g/mol. The van der Waals surface area contributed by atoms with E-state index in [1.165, 1.54) is 50.1 Å². The van der Waals surface area contributed by atoms with Crippen LogP contribution in [0.3, 0.4) is 0 Å². The predicted octanol–water partition coefficient (Wildman–Crippen LogP) is 6.99. The highest BCUT2D eigenvalue weighted by Crippen LogP contribution is 2.38. The minimum absolute atomic E-state index is 0.678. The van der Waals surface area contributed by atoms with Crippen LogP contribution in [0.25, 0.3) is 22.3 Å². The van der Waals surface area contributed by atoms with Gasteiger partial charge < -0.3 is 0 Å². The molecule has 0 spiro atoms. The lowest BCUT2D eigenvalue weighted by Crippen LogP contribution is -2.03. The predicted molar refractivity (Wildman–Crippen MR) is 123 cm³/mol. The Balaban J connectivity index is 1.76. The molecule has 0 N–H and O–H groups in total. The minimum Gasteiger partial charge on any atom is -0.279 e. The molecular weight excluding hydrogens is 350 g/mol. The van der Waals surface area contributed by atoms with E-state index in [-0.39, 0.29) is 0 Å². The van der Waals surface area contributed by atoms with Crippen molar-refractivity contribution in [2.75, 3.05) is 0 Å². The van der Waals surface area contributed by atoms with E-state index < -0.39 is 0 Å². The topological polar surface area (TPSA) is 12.4 Å². The molecule has 1 aliphatic heterocycles. The van der Waals surface area contributed by atoms with E-state index in [1.807, 2.05) is 0 Å². The van der Waals surface area contributed by atoms with Crippen molar-refractivity contribution in [2.45, 2.75) is 20.4 Å². The van der Waals surface area contributed by atoms with E-state index in [0.29, 0.717) is 6.54 Å². The molecule has 0 fully saturated rings. The summed E-state index contributed by atoms with van der Waals surface area (Å²) >= 11 is 0. The van der Waals surface area contributed by atoms with E-state index >= 15 is 0 Å². The van der Waals surface area contributed by atoms with Crippen molar-refractivity contribution in [3.05, 3.63) is 119 Å². The number of benzene rings is 4. The van der Waals surface area contributed by atoms with Gasteiger partial charge in [0, 0.05) is 11.1 Å².